The number of rotatable bonds is 2. The highest BCUT2D eigenvalue weighted by Crippen LogP contribution is 2.35. The number of hydrogen-bond acceptors (Lipinski definition) is 4. The van der Waals surface area contributed by atoms with E-state index in [0.29, 0.717) is 6.07 Å². The van der Waals surface area contributed by atoms with Gasteiger partial charge in [-0.25, -0.2) is 8.42 Å². The molecular weight excluding hydrogens is 385 g/mol. The van der Waals surface area contributed by atoms with Crippen LogP contribution in [-0.2, 0) is 28.0 Å². The van der Waals surface area contributed by atoms with Gasteiger partial charge in [-0.15, -0.1) is 0 Å². The number of halogens is 3. The number of hydrogen-bond donors (Lipinski definition) is 0. The van der Waals surface area contributed by atoms with Crippen LogP contribution < -0.4 is 5.56 Å². The number of sulfonamides is 1. The van der Waals surface area contributed by atoms with Crippen LogP contribution in [0, 0.1) is 0 Å². The van der Waals surface area contributed by atoms with Crippen molar-refractivity contribution in [2.24, 2.45) is 7.05 Å². The van der Waals surface area contributed by atoms with E-state index in [9.17, 15) is 26.4 Å². The number of aryl methyl sites for hydroxylation is 1. The number of ether oxygens (including phenoxy) is 1. The van der Waals surface area contributed by atoms with Crippen molar-refractivity contribution in [1.82, 2.24) is 8.87 Å². The lowest BCUT2D eigenvalue weighted by molar-refractivity contribution is -0.136. The molecule has 1 aromatic heterocycles. The van der Waals surface area contributed by atoms with Gasteiger partial charge in [0.05, 0.1) is 28.2 Å². The Hall–Kier alpha value is -1.91. The van der Waals surface area contributed by atoms with Crippen LogP contribution >= 0.6 is 0 Å². The fourth-order valence-electron chi connectivity index (χ4n) is 3.31. The lowest BCUT2D eigenvalue weighted by Gasteiger charge is -2.34. The number of benzene rings is 1. The summed E-state index contributed by atoms with van der Waals surface area (Å²) in [6.45, 7) is 3.69. The molecule has 1 aliphatic heterocycles. The Labute approximate surface area is 154 Å². The summed E-state index contributed by atoms with van der Waals surface area (Å²) in [6.07, 6.45) is -5.43. The summed E-state index contributed by atoms with van der Waals surface area (Å²) in [5, 5.41) is -0.333. The Morgan fingerprint density at radius 2 is 1.70 bits per heavy atom. The molecule has 0 saturated carbocycles. The molecule has 0 spiro atoms. The normalized spacial score (nSPS) is 22.3. The van der Waals surface area contributed by atoms with Crippen molar-refractivity contribution >= 4 is 20.9 Å². The van der Waals surface area contributed by atoms with E-state index in [4.69, 9.17) is 4.74 Å². The first kappa shape index (κ1) is 19.8. The molecule has 0 amide bonds. The monoisotopic (exact) mass is 404 g/mol. The van der Waals surface area contributed by atoms with Gasteiger partial charge in [0.15, 0.2) is 0 Å². The predicted octanol–water partition coefficient (Wildman–Crippen LogP) is 2.36. The predicted molar refractivity (Wildman–Crippen MR) is 93.0 cm³/mol. The Balaban J connectivity index is 2.19. The zero-order valence-electron chi connectivity index (χ0n) is 14.9. The van der Waals surface area contributed by atoms with Gasteiger partial charge in [0.2, 0.25) is 10.0 Å². The largest absolute Gasteiger partial charge is 0.417 e. The van der Waals surface area contributed by atoms with Crippen LogP contribution in [0.5, 0.6) is 0 Å². The maximum Gasteiger partial charge on any atom is 0.417 e. The highest BCUT2D eigenvalue weighted by Gasteiger charge is 2.36. The number of fused-ring (bicyclic) bond motifs is 1. The van der Waals surface area contributed by atoms with Gasteiger partial charge in [-0.3, -0.25) is 4.79 Å². The van der Waals surface area contributed by atoms with Crippen LogP contribution in [-0.4, -0.2) is 42.6 Å². The van der Waals surface area contributed by atoms with Gasteiger partial charge in [0.1, 0.15) is 0 Å². The zero-order valence-corrected chi connectivity index (χ0v) is 15.8. The van der Waals surface area contributed by atoms with E-state index in [0.717, 1.165) is 10.6 Å². The number of aromatic nitrogens is 1. The average Bonchev–Trinajstić information content (AvgIpc) is 2.55. The highest BCUT2D eigenvalue weighted by molar-refractivity contribution is 7.89. The fourth-order valence-corrected chi connectivity index (χ4v) is 4.93. The minimum Gasteiger partial charge on any atom is -0.373 e. The SMILES string of the molecule is CC1CN(S(=O)(=O)c2ccc3c(c2)c(C(F)(F)F)cc(=O)n3C)CC(C)O1. The molecule has 2 heterocycles. The molecule has 1 saturated heterocycles. The molecule has 27 heavy (non-hydrogen) atoms. The van der Waals surface area contributed by atoms with Crippen molar-refractivity contribution in [3.8, 4) is 0 Å². The summed E-state index contributed by atoms with van der Waals surface area (Å²) in [4.78, 5) is 11.6. The lowest BCUT2D eigenvalue weighted by atomic mass is 10.1. The molecule has 1 fully saturated rings. The molecule has 1 aliphatic rings. The van der Waals surface area contributed by atoms with Crippen molar-refractivity contribution in [2.45, 2.75) is 37.1 Å². The van der Waals surface area contributed by atoms with Crippen LogP contribution in [0.15, 0.2) is 34.0 Å². The van der Waals surface area contributed by atoms with Gasteiger partial charge in [0, 0.05) is 31.6 Å². The third-order valence-electron chi connectivity index (χ3n) is 4.55. The van der Waals surface area contributed by atoms with Crippen molar-refractivity contribution < 1.29 is 26.3 Å². The van der Waals surface area contributed by atoms with E-state index in [2.05, 4.69) is 0 Å². The van der Waals surface area contributed by atoms with Crippen LogP contribution in [0.3, 0.4) is 0 Å². The van der Waals surface area contributed by atoms with Gasteiger partial charge >= 0.3 is 6.18 Å². The molecule has 0 aliphatic carbocycles. The Morgan fingerprint density at radius 1 is 1.11 bits per heavy atom. The minimum absolute atomic E-state index is 0.0116. The molecule has 3 rings (SSSR count). The first-order valence-electron chi connectivity index (χ1n) is 8.28. The van der Waals surface area contributed by atoms with E-state index in [-0.39, 0.29) is 41.1 Å². The van der Waals surface area contributed by atoms with Gasteiger partial charge in [-0.05, 0) is 32.0 Å². The second-order valence-electron chi connectivity index (χ2n) is 6.71. The number of pyridine rings is 1. The molecule has 2 atom stereocenters. The van der Waals surface area contributed by atoms with E-state index in [1.807, 2.05) is 0 Å². The molecule has 6 nitrogen and oxygen atoms in total. The smallest absolute Gasteiger partial charge is 0.373 e. The second-order valence-corrected chi connectivity index (χ2v) is 8.65. The van der Waals surface area contributed by atoms with Gasteiger partial charge in [0.25, 0.3) is 5.56 Å². The minimum atomic E-state index is -4.78. The molecule has 0 N–H and O–H groups in total. The van der Waals surface area contributed by atoms with Crippen molar-refractivity contribution in [3.05, 3.63) is 40.2 Å². The zero-order chi connectivity index (χ0) is 20.1. The fraction of sp³-hybridized carbons (Fsp3) is 0.471. The van der Waals surface area contributed by atoms with Crippen LogP contribution in [0.25, 0.3) is 10.9 Å². The second kappa shape index (κ2) is 6.61. The highest BCUT2D eigenvalue weighted by atomic mass is 32.2. The third kappa shape index (κ3) is 3.61. The van der Waals surface area contributed by atoms with Crippen molar-refractivity contribution in [3.63, 3.8) is 0 Å². The summed E-state index contributed by atoms with van der Waals surface area (Å²) >= 11 is 0. The van der Waals surface area contributed by atoms with Crippen molar-refractivity contribution in [2.75, 3.05) is 13.1 Å². The summed E-state index contributed by atoms with van der Waals surface area (Å²) in [5.74, 6) is 0. The molecule has 0 bridgehead atoms. The standard InChI is InChI=1S/C17H19F3N2O4S/c1-10-8-22(9-11(2)26-10)27(24,25)12-4-5-15-13(6-12)14(17(18,19)20)7-16(23)21(15)3/h4-7,10-11H,8-9H2,1-3H3. The van der Waals surface area contributed by atoms with Crippen LogP contribution in [0.1, 0.15) is 19.4 Å². The summed E-state index contributed by atoms with van der Waals surface area (Å²) in [7, 11) is -2.67. The van der Waals surface area contributed by atoms with Crippen molar-refractivity contribution in [1.29, 1.82) is 0 Å². The molecule has 2 aromatic rings. The quantitative estimate of drug-likeness (QED) is 0.771. The van der Waals surface area contributed by atoms with E-state index in [1.165, 1.54) is 23.5 Å². The van der Waals surface area contributed by atoms with E-state index in [1.54, 1.807) is 13.8 Å². The average molecular weight is 404 g/mol. The van der Waals surface area contributed by atoms with Crippen LogP contribution in [0.2, 0.25) is 0 Å². The molecule has 1 aromatic carbocycles. The van der Waals surface area contributed by atoms with Gasteiger partial charge < -0.3 is 9.30 Å². The summed E-state index contributed by atoms with van der Waals surface area (Å²) in [5.41, 5.74) is -1.96. The Kier molecular flexibility index (Phi) is 4.86. The van der Waals surface area contributed by atoms with Gasteiger partial charge in [-0.2, -0.15) is 17.5 Å². The molecule has 0 radical (unpaired) electrons. The number of morpholine rings is 1. The Morgan fingerprint density at radius 3 is 2.26 bits per heavy atom. The lowest BCUT2D eigenvalue weighted by Crippen LogP contribution is -2.48. The first-order chi connectivity index (χ1) is 12.4. The number of alkyl halides is 3. The van der Waals surface area contributed by atoms with Gasteiger partial charge in [-0.1, -0.05) is 0 Å². The first-order valence-corrected chi connectivity index (χ1v) is 9.72. The summed E-state index contributed by atoms with van der Waals surface area (Å²) in [6, 6.07) is 3.92. The Bertz CT molecular complexity index is 1040. The molecule has 2 unspecified atom stereocenters. The molecule has 148 valence electrons. The van der Waals surface area contributed by atoms with E-state index >= 15 is 0 Å². The molecule has 10 heteroatoms. The third-order valence-corrected chi connectivity index (χ3v) is 6.37. The topological polar surface area (TPSA) is 68.6 Å². The van der Waals surface area contributed by atoms with Crippen LogP contribution in [0.4, 0.5) is 13.2 Å². The maximum atomic E-state index is 13.4. The summed E-state index contributed by atoms with van der Waals surface area (Å²) < 4.78 is 73.9. The molecular formula is C17H19F3N2O4S. The number of nitrogens with zero attached hydrogens (tertiary/aromatic N) is 2. The van der Waals surface area contributed by atoms with E-state index < -0.39 is 27.3 Å². The maximum absolute atomic E-state index is 13.4.